The first-order valence-electron chi connectivity index (χ1n) is 8.17. The Hall–Kier alpha value is -1.58. The van der Waals surface area contributed by atoms with Gasteiger partial charge in [0.2, 0.25) is 0 Å². The van der Waals surface area contributed by atoms with Crippen molar-refractivity contribution >= 4 is 11.8 Å². The first-order chi connectivity index (χ1) is 10.2. The number of anilines is 1. The summed E-state index contributed by atoms with van der Waals surface area (Å²) < 4.78 is 0. The minimum atomic E-state index is -0.937. The molecule has 2 N–H and O–H groups in total. The molecule has 0 atom stereocenters. The molecule has 0 fully saturated rings. The second-order valence-electron chi connectivity index (χ2n) is 5.49. The number of pyridine rings is 1. The van der Waals surface area contributed by atoms with Crippen molar-refractivity contribution in [3.8, 4) is 0 Å². The number of hydrogen-bond donors (Lipinski definition) is 2. The Labute approximate surface area is 128 Å². The van der Waals surface area contributed by atoms with Crippen LogP contribution in [0.5, 0.6) is 0 Å². The number of carboxylic acids is 1. The van der Waals surface area contributed by atoms with E-state index in [-0.39, 0.29) is 5.56 Å². The SMILES string of the molecule is CCCCCCCCCCCNc1ccc(C(=O)O)cn1. The summed E-state index contributed by atoms with van der Waals surface area (Å²) in [6.07, 6.45) is 13.2. The zero-order valence-corrected chi connectivity index (χ0v) is 13.1. The second kappa shape index (κ2) is 11.1. The number of aromatic carboxylic acids is 1. The van der Waals surface area contributed by atoms with Gasteiger partial charge in [-0.2, -0.15) is 0 Å². The van der Waals surface area contributed by atoms with E-state index in [1.807, 2.05) is 0 Å². The van der Waals surface area contributed by atoms with Crippen LogP contribution in [0.3, 0.4) is 0 Å². The van der Waals surface area contributed by atoms with Gasteiger partial charge in [0, 0.05) is 12.7 Å². The van der Waals surface area contributed by atoms with Crippen LogP contribution in [0.15, 0.2) is 18.3 Å². The molecule has 4 nitrogen and oxygen atoms in total. The lowest BCUT2D eigenvalue weighted by atomic mass is 10.1. The standard InChI is InChI=1S/C17H28N2O2/c1-2-3-4-5-6-7-8-9-10-13-18-16-12-11-15(14-19-16)17(20)21/h11-12,14H,2-10,13H2,1H3,(H,18,19)(H,20,21). The molecule has 0 aliphatic carbocycles. The van der Waals surface area contributed by atoms with Gasteiger partial charge in [-0.25, -0.2) is 9.78 Å². The minimum Gasteiger partial charge on any atom is -0.478 e. The predicted octanol–water partition coefficient (Wildman–Crippen LogP) is 4.72. The normalized spacial score (nSPS) is 10.5. The highest BCUT2D eigenvalue weighted by Crippen LogP contribution is 2.10. The molecule has 1 aromatic rings. The average Bonchev–Trinajstić information content (AvgIpc) is 2.49. The van der Waals surface area contributed by atoms with E-state index in [1.54, 1.807) is 12.1 Å². The molecular weight excluding hydrogens is 264 g/mol. The highest BCUT2D eigenvalue weighted by atomic mass is 16.4. The third kappa shape index (κ3) is 8.33. The van der Waals surface area contributed by atoms with Crippen LogP contribution < -0.4 is 5.32 Å². The van der Waals surface area contributed by atoms with Gasteiger partial charge in [-0.3, -0.25) is 0 Å². The van der Waals surface area contributed by atoms with Crippen molar-refractivity contribution in [3.63, 3.8) is 0 Å². The van der Waals surface area contributed by atoms with Gasteiger partial charge in [0.05, 0.1) is 5.56 Å². The summed E-state index contributed by atoms with van der Waals surface area (Å²) in [5.74, 6) is -0.187. The van der Waals surface area contributed by atoms with Crippen molar-refractivity contribution < 1.29 is 9.90 Å². The van der Waals surface area contributed by atoms with Gasteiger partial charge in [-0.05, 0) is 18.6 Å². The van der Waals surface area contributed by atoms with Crippen LogP contribution in [0.2, 0.25) is 0 Å². The molecule has 118 valence electrons. The van der Waals surface area contributed by atoms with Gasteiger partial charge >= 0.3 is 5.97 Å². The Morgan fingerprint density at radius 1 is 1.05 bits per heavy atom. The molecule has 0 radical (unpaired) electrons. The summed E-state index contributed by atoms with van der Waals surface area (Å²) in [5, 5.41) is 12.0. The summed E-state index contributed by atoms with van der Waals surface area (Å²) in [6.45, 7) is 3.15. The average molecular weight is 292 g/mol. The number of unbranched alkanes of at least 4 members (excludes halogenated alkanes) is 8. The summed E-state index contributed by atoms with van der Waals surface area (Å²) in [7, 11) is 0. The molecule has 0 unspecified atom stereocenters. The molecule has 21 heavy (non-hydrogen) atoms. The third-order valence-electron chi connectivity index (χ3n) is 3.60. The van der Waals surface area contributed by atoms with E-state index in [2.05, 4.69) is 17.2 Å². The van der Waals surface area contributed by atoms with Gasteiger partial charge in [0.1, 0.15) is 5.82 Å². The summed E-state index contributed by atoms with van der Waals surface area (Å²) in [6, 6.07) is 3.30. The maximum Gasteiger partial charge on any atom is 0.337 e. The van der Waals surface area contributed by atoms with Crippen molar-refractivity contribution in [2.45, 2.75) is 64.7 Å². The number of aromatic nitrogens is 1. The van der Waals surface area contributed by atoms with Gasteiger partial charge in [-0.1, -0.05) is 58.3 Å². The summed E-state index contributed by atoms with van der Waals surface area (Å²) >= 11 is 0. The molecule has 0 amide bonds. The van der Waals surface area contributed by atoms with Crippen LogP contribution in [0.4, 0.5) is 5.82 Å². The van der Waals surface area contributed by atoms with Crippen molar-refractivity contribution in [2.24, 2.45) is 0 Å². The van der Waals surface area contributed by atoms with Gasteiger partial charge in [-0.15, -0.1) is 0 Å². The molecular formula is C17H28N2O2. The van der Waals surface area contributed by atoms with Crippen LogP contribution in [0.1, 0.15) is 75.1 Å². The van der Waals surface area contributed by atoms with E-state index < -0.39 is 5.97 Å². The van der Waals surface area contributed by atoms with E-state index >= 15 is 0 Å². The second-order valence-corrected chi connectivity index (χ2v) is 5.49. The van der Waals surface area contributed by atoms with E-state index in [4.69, 9.17) is 5.11 Å². The number of nitrogens with one attached hydrogen (secondary N) is 1. The smallest absolute Gasteiger partial charge is 0.337 e. The van der Waals surface area contributed by atoms with E-state index in [0.29, 0.717) is 0 Å². The lowest BCUT2D eigenvalue weighted by Crippen LogP contribution is -2.04. The molecule has 1 aromatic heterocycles. The van der Waals surface area contributed by atoms with Crippen molar-refractivity contribution in [1.29, 1.82) is 0 Å². The molecule has 1 heterocycles. The van der Waals surface area contributed by atoms with Crippen molar-refractivity contribution in [3.05, 3.63) is 23.9 Å². The fourth-order valence-electron chi connectivity index (χ4n) is 2.28. The number of carbonyl (C=O) groups is 1. The fraction of sp³-hybridized carbons (Fsp3) is 0.647. The number of nitrogens with zero attached hydrogens (tertiary/aromatic N) is 1. The van der Waals surface area contributed by atoms with Crippen molar-refractivity contribution in [1.82, 2.24) is 4.98 Å². The molecule has 0 aliphatic rings. The monoisotopic (exact) mass is 292 g/mol. The van der Waals surface area contributed by atoms with Crippen LogP contribution in [-0.2, 0) is 0 Å². The van der Waals surface area contributed by atoms with Crippen molar-refractivity contribution in [2.75, 3.05) is 11.9 Å². The molecule has 0 spiro atoms. The van der Waals surface area contributed by atoms with Crippen LogP contribution in [0, 0.1) is 0 Å². The van der Waals surface area contributed by atoms with Crippen LogP contribution >= 0.6 is 0 Å². The molecule has 0 bridgehead atoms. The number of rotatable bonds is 12. The van der Waals surface area contributed by atoms with Gasteiger partial charge in [0.25, 0.3) is 0 Å². The summed E-state index contributed by atoms with van der Waals surface area (Å²) in [5.41, 5.74) is 0.226. The van der Waals surface area contributed by atoms with Gasteiger partial charge in [0.15, 0.2) is 0 Å². The molecule has 4 heteroatoms. The van der Waals surface area contributed by atoms with Crippen LogP contribution in [-0.4, -0.2) is 22.6 Å². The van der Waals surface area contributed by atoms with E-state index in [9.17, 15) is 4.79 Å². The lowest BCUT2D eigenvalue weighted by Gasteiger charge is -2.06. The largest absolute Gasteiger partial charge is 0.478 e. The zero-order chi connectivity index (χ0) is 15.3. The number of hydrogen-bond acceptors (Lipinski definition) is 3. The fourth-order valence-corrected chi connectivity index (χ4v) is 2.28. The third-order valence-corrected chi connectivity index (χ3v) is 3.60. The summed E-state index contributed by atoms with van der Waals surface area (Å²) in [4.78, 5) is 14.8. The predicted molar refractivity (Wildman–Crippen MR) is 86.9 cm³/mol. The van der Waals surface area contributed by atoms with E-state index in [1.165, 1.54) is 57.6 Å². The highest BCUT2D eigenvalue weighted by molar-refractivity contribution is 5.87. The Bertz CT molecular complexity index is 390. The Morgan fingerprint density at radius 3 is 2.19 bits per heavy atom. The molecule has 1 rings (SSSR count). The molecule has 0 aliphatic heterocycles. The number of carboxylic acid groups (broad SMARTS) is 1. The topological polar surface area (TPSA) is 62.2 Å². The van der Waals surface area contributed by atoms with E-state index in [0.717, 1.165) is 18.8 Å². The zero-order valence-electron chi connectivity index (χ0n) is 13.1. The Morgan fingerprint density at radius 2 is 1.67 bits per heavy atom. The maximum atomic E-state index is 10.7. The highest BCUT2D eigenvalue weighted by Gasteiger charge is 2.02. The lowest BCUT2D eigenvalue weighted by molar-refractivity contribution is 0.0696. The van der Waals surface area contributed by atoms with Crippen LogP contribution in [0.25, 0.3) is 0 Å². The maximum absolute atomic E-state index is 10.7. The molecule has 0 saturated carbocycles. The first-order valence-corrected chi connectivity index (χ1v) is 8.17. The van der Waals surface area contributed by atoms with Gasteiger partial charge < -0.3 is 10.4 Å². The first kappa shape index (κ1) is 17.5. The quantitative estimate of drug-likeness (QED) is 0.547. The molecule has 0 saturated heterocycles. The molecule has 0 aromatic carbocycles. The Kier molecular flexibility index (Phi) is 9.25. The Balaban J connectivity index is 1.98. The minimum absolute atomic E-state index is 0.226.